The van der Waals surface area contributed by atoms with Crippen molar-refractivity contribution >= 4 is 11.8 Å². The molecule has 3 aromatic rings. The minimum atomic E-state index is -0.893. The molecule has 0 aliphatic carbocycles. The number of carbonyl (C=O) groups excluding carboxylic acids is 2. The van der Waals surface area contributed by atoms with E-state index in [0.29, 0.717) is 5.75 Å². The highest BCUT2D eigenvalue weighted by atomic mass is 19.1. The second-order valence-electron chi connectivity index (χ2n) is 8.38. The van der Waals surface area contributed by atoms with Crippen molar-refractivity contribution in [2.24, 2.45) is 0 Å². The molecule has 0 aromatic heterocycles. The van der Waals surface area contributed by atoms with Crippen molar-refractivity contribution in [3.63, 3.8) is 0 Å². The molecule has 0 aliphatic heterocycles. The molecule has 2 amide bonds. The van der Waals surface area contributed by atoms with Crippen LogP contribution in [0.4, 0.5) is 8.78 Å². The normalized spacial score (nSPS) is 12.5. The van der Waals surface area contributed by atoms with Crippen molar-refractivity contribution in [1.29, 1.82) is 0 Å². The van der Waals surface area contributed by atoms with Crippen LogP contribution in [0.15, 0.2) is 78.9 Å². The second-order valence-corrected chi connectivity index (χ2v) is 8.38. The maximum atomic E-state index is 14.6. The van der Waals surface area contributed by atoms with Gasteiger partial charge in [0.1, 0.15) is 23.4 Å². The van der Waals surface area contributed by atoms with Crippen LogP contribution in [0.2, 0.25) is 0 Å². The Morgan fingerprint density at radius 3 is 2.26 bits per heavy atom. The van der Waals surface area contributed by atoms with Crippen LogP contribution in [0.1, 0.15) is 31.4 Å². The lowest BCUT2D eigenvalue weighted by Crippen LogP contribution is -2.53. The summed E-state index contributed by atoms with van der Waals surface area (Å²) in [5.74, 6) is -1.39. The predicted octanol–water partition coefficient (Wildman–Crippen LogP) is 4.90. The molecule has 1 N–H and O–H groups in total. The summed E-state index contributed by atoms with van der Waals surface area (Å²) in [6.07, 6.45) is 0.971. The van der Waals surface area contributed by atoms with E-state index in [4.69, 9.17) is 4.74 Å². The van der Waals surface area contributed by atoms with Gasteiger partial charge in [-0.15, -0.1) is 0 Å². The highest BCUT2D eigenvalue weighted by molar-refractivity contribution is 5.88. The molecule has 0 unspecified atom stereocenters. The Balaban J connectivity index is 1.91. The zero-order chi connectivity index (χ0) is 25.2. The third-order valence-corrected chi connectivity index (χ3v) is 5.75. The summed E-state index contributed by atoms with van der Waals surface area (Å²) in [6.45, 7) is 3.35. The Bertz CT molecular complexity index is 1110. The lowest BCUT2D eigenvalue weighted by atomic mass is 10.0. The zero-order valence-electron chi connectivity index (χ0n) is 19.9. The molecule has 7 heteroatoms. The molecule has 2 atom stereocenters. The van der Waals surface area contributed by atoms with Gasteiger partial charge in [0.2, 0.25) is 5.91 Å². The Kier molecular flexibility index (Phi) is 9.35. The highest BCUT2D eigenvalue weighted by Gasteiger charge is 2.31. The quantitative estimate of drug-likeness (QED) is 0.425. The van der Waals surface area contributed by atoms with Gasteiger partial charge in [0.05, 0.1) is 0 Å². The molecule has 3 aromatic carbocycles. The van der Waals surface area contributed by atoms with Crippen molar-refractivity contribution in [3.8, 4) is 5.75 Å². The van der Waals surface area contributed by atoms with Crippen LogP contribution in [-0.2, 0) is 22.6 Å². The van der Waals surface area contributed by atoms with Crippen molar-refractivity contribution in [1.82, 2.24) is 10.2 Å². The molecule has 0 fully saturated rings. The van der Waals surface area contributed by atoms with Gasteiger partial charge < -0.3 is 15.0 Å². The van der Waals surface area contributed by atoms with Crippen LogP contribution < -0.4 is 10.1 Å². The van der Waals surface area contributed by atoms with E-state index in [1.807, 2.05) is 44.2 Å². The van der Waals surface area contributed by atoms with E-state index in [0.717, 1.165) is 12.0 Å². The number of carbonyl (C=O) groups is 2. The van der Waals surface area contributed by atoms with Crippen LogP contribution in [0, 0.1) is 11.6 Å². The molecule has 0 saturated carbocycles. The number of amides is 2. The van der Waals surface area contributed by atoms with Gasteiger partial charge in [-0.1, -0.05) is 55.5 Å². The van der Waals surface area contributed by atoms with Crippen LogP contribution in [0.25, 0.3) is 0 Å². The molecule has 35 heavy (non-hydrogen) atoms. The number of ether oxygens (including phenoxy) is 1. The summed E-state index contributed by atoms with van der Waals surface area (Å²) in [5, 5.41) is 2.96. The summed E-state index contributed by atoms with van der Waals surface area (Å²) in [5.41, 5.74) is 1.15. The van der Waals surface area contributed by atoms with E-state index < -0.39 is 23.6 Å². The molecule has 0 radical (unpaired) electrons. The number of rotatable bonds is 11. The van der Waals surface area contributed by atoms with Gasteiger partial charge in [-0.3, -0.25) is 9.59 Å². The SMILES string of the molecule is CC[C@H](C)NC(=O)[C@@H](Cc1ccccc1)N(Cc1ccccc1F)C(=O)COc1ccc(F)cc1. The van der Waals surface area contributed by atoms with Crippen LogP contribution in [0.3, 0.4) is 0 Å². The predicted molar refractivity (Wildman–Crippen MR) is 131 cm³/mol. The Morgan fingerprint density at radius 2 is 1.60 bits per heavy atom. The number of nitrogens with one attached hydrogen (secondary N) is 1. The third-order valence-electron chi connectivity index (χ3n) is 5.75. The van der Waals surface area contributed by atoms with Crippen molar-refractivity contribution in [3.05, 3.63) is 102 Å². The summed E-state index contributed by atoms with van der Waals surface area (Å²) in [4.78, 5) is 28.1. The maximum absolute atomic E-state index is 14.6. The van der Waals surface area contributed by atoms with Gasteiger partial charge in [-0.2, -0.15) is 0 Å². The smallest absolute Gasteiger partial charge is 0.261 e. The number of halogens is 2. The van der Waals surface area contributed by atoms with Crippen LogP contribution >= 0.6 is 0 Å². The first kappa shape index (κ1) is 25.9. The van der Waals surface area contributed by atoms with Gasteiger partial charge >= 0.3 is 0 Å². The standard InChI is InChI=1S/C28H30F2N2O3/c1-3-20(2)31-28(34)26(17-21-9-5-4-6-10-21)32(18-22-11-7-8-12-25(22)30)27(33)19-35-24-15-13-23(29)14-16-24/h4-16,20,26H,3,17-19H2,1-2H3,(H,31,34)/t20-,26+/m0/s1. The number of hydrogen-bond acceptors (Lipinski definition) is 3. The molecule has 0 saturated heterocycles. The molecule has 0 bridgehead atoms. The number of benzene rings is 3. The monoisotopic (exact) mass is 480 g/mol. The molecule has 0 spiro atoms. The van der Waals surface area contributed by atoms with Gasteiger partial charge in [0.25, 0.3) is 5.91 Å². The average molecular weight is 481 g/mol. The van der Waals surface area contributed by atoms with Crippen LogP contribution in [-0.4, -0.2) is 35.4 Å². The minimum Gasteiger partial charge on any atom is -0.484 e. The molecular weight excluding hydrogens is 450 g/mol. The van der Waals surface area contributed by atoms with E-state index in [1.54, 1.807) is 18.2 Å². The van der Waals surface area contributed by atoms with Gasteiger partial charge in [0.15, 0.2) is 6.61 Å². The van der Waals surface area contributed by atoms with Gasteiger partial charge in [-0.25, -0.2) is 8.78 Å². The Hall–Kier alpha value is -3.74. The zero-order valence-corrected chi connectivity index (χ0v) is 19.9. The number of nitrogens with zero attached hydrogens (tertiary/aromatic N) is 1. The fourth-order valence-corrected chi connectivity index (χ4v) is 3.56. The molecule has 0 aliphatic rings. The van der Waals surface area contributed by atoms with Crippen LogP contribution in [0.5, 0.6) is 5.75 Å². The first-order valence-corrected chi connectivity index (χ1v) is 11.6. The average Bonchev–Trinajstić information content (AvgIpc) is 2.87. The van der Waals surface area contributed by atoms with E-state index in [1.165, 1.54) is 35.2 Å². The van der Waals surface area contributed by atoms with Crippen molar-refractivity contribution < 1.29 is 23.1 Å². The summed E-state index contributed by atoms with van der Waals surface area (Å²) < 4.78 is 33.3. The fourth-order valence-electron chi connectivity index (χ4n) is 3.56. The molecule has 0 heterocycles. The molecule has 3 rings (SSSR count). The molecule has 5 nitrogen and oxygen atoms in total. The largest absolute Gasteiger partial charge is 0.484 e. The number of hydrogen-bond donors (Lipinski definition) is 1. The van der Waals surface area contributed by atoms with Gasteiger partial charge in [0, 0.05) is 24.6 Å². The van der Waals surface area contributed by atoms with Gasteiger partial charge in [-0.05, 0) is 49.2 Å². The van der Waals surface area contributed by atoms with E-state index >= 15 is 0 Å². The molecular formula is C28H30F2N2O3. The maximum Gasteiger partial charge on any atom is 0.261 e. The second kappa shape index (κ2) is 12.6. The summed E-state index contributed by atoms with van der Waals surface area (Å²) >= 11 is 0. The lowest BCUT2D eigenvalue weighted by Gasteiger charge is -2.32. The summed E-state index contributed by atoms with van der Waals surface area (Å²) in [6, 6.07) is 19.8. The first-order chi connectivity index (χ1) is 16.9. The molecule has 184 valence electrons. The van der Waals surface area contributed by atoms with E-state index in [2.05, 4.69) is 5.32 Å². The first-order valence-electron chi connectivity index (χ1n) is 11.6. The topological polar surface area (TPSA) is 58.6 Å². The highest BCUT2D eigenvalue weighted by Crippen LogP contribution is 2.18. The van der Waals surface area contributed by atoms with E-state index in [-0.39, 0.29) is 37.1 Å². The van der Waals surface area contributed by atoms with Crippen molar-refractivity contribution in [2.45, 2.75) is 45.3 Å². The Morgan fingerprint density at radius 1 is 0.943 bits per heavy atom. The minimum absolute atomic E-state index is 0.0957. The summed E-state index contributed by atoms with van der Waals surface area (Å²) in [7, 11) is 0. The van der Waals surface area contributed by atoms with E-state index in [9.17, 15) is 18.4 Å². The lowest BCUT2D eigenvalue weighted by molar-refractivity contribution is -0.143. The Labute approximate surface area is 204 Å². The third kappa shape index (κ3) is 7.64. The van der Waals surface area contributed by atoms with Crippen molar-refractivity contribution in [2.75, 3.05) is 6.61 Å². The fraction of sp³-hybridized carbons (Fsp3) is 0.286.